The van der Waals surface area contributed by atoms with Gasteiger partial charge < -0.3 is 20.0 Å². The normalized spacial score (nSPS) is 13.0. The Morgan fingerprint density at radius 1 is 1.18 bits per heavy atom. The molecule has 2 N–H and O–H groups in total. The first-order chi connectivity index (χ1) is 13.7. The van der Waals surface area contributed by atoms with Gasteiger partial charge in [0, 0.05) is 18.2 Å². The van der Waals surface area contributed by atoms with Gasteiger partial charge in [-0.2, -0.15) is 0 Å². The van der Waals surface area contributed by atoms with Crippen LogP contribution in [0, 0.1) is 0 Å². The van der Waals surface area contributed by atoms with Crippen molar-refractivity contribution in [3.05, 3.63) is 42.3 Å². The second kappa shape index (κ2) is 12.2. The first-order valence-electron chi connectivity index (χ1n) is 10.4. The van der Waals surface area contributed by atoms with Crippen molar-refractivity contribution < 1.29 is 4.42 Å². The minimum Gasteiger partial charge on any atom is -0.444 e. The van der Waals surface area contributed by atoms with E-state index >= 15 is 0 Å². The fraction of sp³-hybridized carbons (Fsp3) is 0.545. The van der Waals surface area contributed by atoms with Crippen molar-refractivity contribution in [3.63, 3.8) is 0 Å². The predicted molar refractivity (Wildman–Crippen MR) is 116 cm³/mol. The predicted octanol–water partition coefficient (Wildman–Crippen LogP) is 3.91. The molecule has 154 valence electrons. The SMILES string of the molecule is CCNC(=NCc1coc(-c2ccccc2)n1)NC(C)CCCN(CC)CC. The van der Waals surface area contributed by atoms with Gasteiger partial charge in [-0.3, -0.25) is 0 Å². The van der Waals surface area contributed by atoms with Crippen molar-refractivity contribution in [2.45, 2.75) is 53.1 Å². The van der Waals surface area contributed by atoms with Gasteiger partial charge in [-0.05, 0) is 58.5 Å². The maximum atomic E-state index is 5.59. The molecular formula is C22H35N5O. The van der Waals surface area contributed by atoms with Gasteiger partial charge in [0.25, 0.3) is 0 Å². The zero-order chi connectivity index (χ0) is 20.2. The Balaban J connectivity index is 1.87. The summed E-state index contributed by atoms with van der Waals surface area (Å²) in [5, 5.41) is 6.81. The van der Waals surface area contributed by atoms with Crippen LogP contribution in [0.15, 0.2) is 46.0 Å². The first-order valence-corrected chi connectivity index (χ1v) is 10.4. The minimum absolute atomic E-state index is 0.366. The lowest BCUT2D eigenvalue weighted by atomic mass is 10.2. The van der Waals surface area contributed by atoms with Crippen LogP contribution < -0.4 is 10.6 Å². The maximum absolute atomic E-state index is 5.59. The van der Waals surface area contributed by atoms with E-state index in [4.69, 9.17) is 4.42 Å². The lowest BCUT2D eigenvalue weighted by Crippen LogP contribution is -2.42. The smallest absolute Gasteiger partial charge is 0.226 e. The average molecular weight is 386 g/mol. The van der Waals surface area contributed by atoms with Crippen molar-refractivity contribution >= 4 is 5.96 Å². The number of nitrogens with one attached hydrogen (secondary N) is 2. The summed E-state index contributed by atoms with van der Waals surface area (Å²) in [4.78, 5) is 11.7. The van der Waals surface area contributed by atoms with Gasteiger partial charge in [-0.25, -0.2) is 9.98 Å². The molecule has 6 heteroatoms. The van der Waals surface area contributed by atoms with E-state index in [1.54, 1.807) is 6.26 Å². The van der Waals surface area contributed by atoms with E-state index in [0.717, 1.165) is 49.8 Å². The zero-order valence-electron chi connectivity index (χ0n) is 17.7. The lowest BCUT2D eigenvalue weighted by Gasteiger charge is -2.21. The molecule has 0 aliphatic rings. The molecule has 1 aromatic carbocycles. The Morgan fingerprint density at radius 3 is 2.61 bits per heavy atom. The summed E-state index contributed by atoms with van der Waals surface area (Å²) in [6, 6.07) is 10.3. The zero-order valence-corrected chi connectivity index (χ0v) is 17.7. The van der Waals surface area contributed by atoms with Gasteiger partial charge in [0.15, 0.2) is 5.96 Å². The van der Waals surface area contributed by atoms with Gasteiger partial charge in [0.1, 0.15) is 12.0 Å². The fourth-order valence-electron chi connectivity index (χ4n) is 3.04. The molecule has 1 unspecified atom stereocenters. The lowest BCUT2D eigenvalue weighted by molar-refractivity contribution is 0.292. The Kier molecular flexibility index (Phi) is 9.55. The van der Waals surface area contributed by atoms with E-state index in [1.165, 1.54) is 6.42 Å². The minimum atomic E-state index is 0.366. The molecule has 6 nitrogen and oxygen atoms in total. The molecule has 0 aliphatic carbocycles. The summed E-state index contributed by atoms with van der Waals surface area (Å²) in [6.45, 7) is 13.4. The molecule has 2 rings (SSSR count). The number of rotatable bonds is 11. The first kappa shape index (κ1) is 22.0. The largest absolute Gasteiger partial charge is 0.444 e. The van der Waals surface area contributed by atoms with E-state index in [0.29, 0.717) is 18.5 Å². The highest BCUT2D eigenvalue weighted by molar-refractivity contribution is 5.80. The van der Waals surface area contributed by atoms with Crippen LogP contribution in [0.1, 0.15) is 46.2 Å². The third-order valence-corrected chi connectivity index (χ3v) is 4.70. The van der Waals surface area contributed by atoms with Gasteiger partial charge >= 0.3 is 0 Å². The van der Waals surface area contributed by atoms with E-state index in [-0.39, 0.29) is 0 Å². The summed E-state index contributed by atoms with van der Waals surface area (Å²) in [6.07, 6.45) is 3.98. The van der Waals surface area contributed by atoms with Crippen LogP contribution >= 0.6 is 0 Å². The van der Waals surface area contributed by atoms with Gasteiger partial charge in [-0.15, -0.1) is 0 Å². The summed E-state index contributed by atoms with van der Waals surface area (Å²) in [5.74, 6) is 1.45. The number of benzene rings is 1. The second-order valence-corrected chi connectivity index (χ2v) is 6.92. The molecule has 28 heavy (non-hydrogen) atoms. The van der Waals surface area contributed by atoms with Crippen LogP contribution in [0.3, 0.4) is 0 Å². The molecule has 0 fully saturated rings. The molecule has 1 atom stereocenters. The molecular weight excluding hydrogens is 350 g/mol. The molecule has 0 spiro atoms. The Labute approximate surface area is 169 Å². The average Bonchev–Trinajstić information content (AvgIpc) is 3.19. The molecule has 0 saturated carbocycles. The Hall–Kier alpha value is -2.34. The Morgan fingerprint density at radius 2 is 1.93 bits per heavy atom. The van der Waals surface area contributed by atoms with E-state index in [1.807, 2.05) is 30.3 Å². The van der Waals surface area contributed by atoms with Crippen LogP contribution in [-0.4, -0.2) is 48.1 Å². The monoisotopic (exact) mass is 385 g/mol. The van der Waals surface area contributed by atoms with Crippen LogP contribution in [-0.2, 0) is 6.54 Å². The molecule has 0 amide bonds. The highest BCUT2D eigenvalue weighted by atomic mass is 16.3. The van der Waals surface area contributed by atoms with Gasteiger partial charge in [0.05, 0.1) is 6.54 Å². The van der Waals surface area contributed by atoms with Crippen molar-refractivity contribution in [2.24, 2.45) is 4.99 Å². The number of oxazole rings is 1. The van der Waals surface area contributed by atoms with E-state index in [2.05, 4.69) is 53.2 Å². The summed E-state index contributed by atoms with van der Waals surface area (Å²) in [5.41, 5.74) is 1.80. The van der Waals surface area contributed by atoms with Gasteiger partial charge in [0.2, 0.25) is 5.89 Å². The van der Waals surface area contributed by atoms with E-state index in [9.17, 15) is 0 Å². The highest BCUT2D eigenvalue weighted by Crippen LogP contribution is 2.18. The fourth-order valence-corrected chi connectivity index (χ4v) is 3.04. The molecule has 2 aromatic rings. The summed E-state index contributed by atoms with van der Waals surface area (Å²) >= 11 is 0. The number of guanidine groups is 1. The number of hydrogen-bond acceptors (Lipinski definition) is 4. The van der Waals surface area contributed by atoms with Crippen molar-refractivity contribution in [1.82, 2.24) is 20.5 Å². The number of nitrogens with zero attached hydrogens (tertiary/aromatic N) is 3. The molecule has 0 bridgehead atoms. The van der Waals surface area contributed by atoms with Crippen molar-refractivity contribution in [1.29, 1.82) is 0 Å². The van der Waals surface area contributed by atoms with E-state index < -0.39 is 0 Å². The third kappa shape index (κ3) is 7.35. The van der Waals surface area contributed by atoms with Crippen LogP contribution in [0.2, 0.25) is 0 Å². The molecule has 1 heterocycles. The topological polar surface area (TPSA) is 65.7 Å². The Bertz CT molecular complexity index is 694. The summed E-state index contributed by atoms with van der Waals surface area (Å²) < 4.78 is 5.59. The summed E-state index contributed by atoms with van der Waals surface area (Å²) in [7, 11) is 0. The van der Waals surface area contributed by atoms with Crippen LogP contribution in [0.5, 0.6) is 0 Å². The maximum Gasteiger partial charge on any atom is 0.226 e. The van der Waals surface area contributed by atoms with Crippen molar-refractivity contribution in [2.75, 3.05) is 26.2 Å². The van der Waals surface area contributed by atoms with Crippen LogP contribution in [0.25, 0.3) is 11.5 Å². The van der Waals surface area contributed by atoms with Gasteiger partial charge in [-0.1, -0.05) is 32.0 Å². The molecule has 0 saturated heterocycles. The number of aromatic nitrogens is 1. The third-order valence-electron chi connectivity index (χ3n) is 4.70. The molecule has 0 radical (unpaired) electrons. The van der Waals surface area contributed by atoms with Crippen molar-refractivity contribution in [3.8, 4) is 11.5 Å². The number of hydrogen-bond donors (Lipinski definition) is 2. The quantitative estimate of drug-likeness (QED) is 0.453. The second-order valence-electron chi connectivity index (χ2n) is 6.92. The highest BCUT2D eigenvalue weighted by Gasteiger charge is 2.09. The standard InChI is InChI=1S/C22H35N5O/c1-5-23-22(25-18(4)12-11-15-27(6-2)7-3)24-16-20-17-28-21(26-20)19-13-9-8-10-14-19/h8-10,13-14,17-18H,5-7,11-12,15-16H2,1-4H3,(H2,23,24,25). The van der Waals surface area contributed by atoms with Crippen LogP contribution in [0.4, 0.5) is 0 Å². The molecule has 1 aromatic heterocycles. The number of aliphatic imine (C=N–C) groups is 1. The molecule has 0 aliphatic heterocycles.